The molecule has 1 heterocycles. The molecular weight excluding hydrogens is 344 g/mol. The maximum atomic E-state index is 12.9. The molecule has 1 aliphatic heterocycles. The molecule has 1 aromatic carbocycles. The van der Waals surface area contributed by atoms with Crippen molar-refractivity contribution in [3.8, 4) is 0 Å². The Morgan fingerprint density at radius 1 is 1.36 bits per heavy atom. The Labute approximate surface area is 152 Å². The third-order valence-corrected chi connectivity index (χ3v) is 4.75. The zero-order valence-electron chi connectivity index (χ0n) is 14.6. The van der Waals surface area contributed by atoms with E-state index in [1.165, 1.54) is 17.0 Å². The summed E-state index contributed by atoms with van der Waals surface area (Å²) in [5.41, 5.74) is -0.579. The molecule has 0 radical (unpaired) electrons. The second-order valence-corrected chi connectivity index (χ2v) is 7.39. The first-order valence-electron chi connectivity index (χ1n) is 8.30. The van der Waals surface area contributed by atoms with Gasteiger partial charge in [-0.25, -0.2) is 4.79 Å². The number of carboxylic acids is 1. The molecule has 0 aromatic heterocycles. The largest absolute Gasteiger partial charge is 0.480 e. The summed E-state index contributed by atoms with van der Waals surface area (Å²) in [7, 11) is 0. The van der Waals surface area contributed by atoms with E-state index >= 15 is 0 Å². The molecule has 25 heavy (non-hydrogen) atoms. The highest BCUT2D eigenvalue weighted by molar-refractivity contribution is 6.34. The molecule has 1 saturated heterocycles. The van der Waals surface area contributed by atoms with Crippen LogP contribution < -0.4 is 5.32 Å². The number of amides is 2. The maximum Gasteiger partial charge on any atom is 0.329 e. The number of anilines is 1. The van der Waals surface area contributed by atoms with Crippen LogP contribution in [0.5, 0.6) is 0 Å². The highest BCUT2D eigenvalue weighted by atomic mass is 35.5. The predicted molar refractivity (Wildman–Crippen MR) is 95.8 cm³/mol. The molecule has 1 atom stereocenters. The van der Waals surface area contributed by atoms with Crippen molar-refractivity contribution in [1.29, 1.82) is 0 Å². The van der Waals surface area contributed by atoms with Crippen LogP contribution in [-0.4, -0.2) is 39.9 Å². The number of carbonyl (C=O) groups is 3. The summed E-state index contributed by atoms with van der Waals surface area (Å²) in [6.45, 7) is 5.79. The van der Waals surface area contributed by atoms with Crippen LogP contribution in [0.1, 0.15) is 50.4 Å². The summed E-state index contributed by atoms with van der Waals surface area (Å²) in [5, 5.41) is 12.5. The third-order valence-electron chi connectivity index (χ3n) is 4.42. The summed E-state index contributed by atoms with van der Waals surface area (Å²) in [5.74, 6) is -1.40. The van der Waals surface area contributed by atoms with Crippen molar-refractivity contribution in [3.63, 3.8) is 0 Å². The summed E-state index contributed by atoms with van der Waals surface area (Å²) in [6.07, 6.45) is 1.39. The van der Waals surface area contributed by atoms with E-state index in [0.29, 0.717) is 31.5 Å². The van der Waals surface area contributed by atoms with Gasteiger partial charge < -0.3 is 15.3 Å². The molecule has 0 saturated carbocycles. The number of likely N-dealkylation sites (tertiary alicyclic amines) is 1. The van der Waals surface area contributed by atoms with Gasteiger partial charge >= 0.3 is 5.97 Å². The van der Waals surface area contributed by atoms with Gasteiger partial charge in [-0.15, -0.1) is 0 Å². The second-order valence-electron chi connectivity index (χ2n) is 6.98. The summed E-state index contributed by atoms with van der Waals surface area (Å²) >= 11 is 6.16. The van der Waals surface area contributed by atoms with E-state index in [9.17, 15) is 19.5 Å². The van der Waals surface area contributed by atoms with Crippen molar-refractivity contribution >= 4 is 35.1 Å². The summed E-state index contributed by atoms with van der Waals surface area (Å²) in [6, 6.07) is 4.66. The molecule has 2 amide bonds. The lowest BCUT2D eigenvalue weighted by Crippen LogP contribution is -2.50. The zero-order valence-corrected chi connectivity index (χ0v) is 15.4. The fourth-order valence-electron chi connectivity index (χ4n) is 3.01. The minimum absolute atomic E-state index is 0.146. The Morgan fingerprint density at radius 2 is 2.04 bits per heavy atom. The second kappa shape index (κ2) is 7.44. The Bertz CT molecular complexity index is 704. The zero-order chi connectivity index (χ0) is 18.8. The van der Waals surface area contributed by atoms with Crippen LogP contribution in [-0.2, 0) is 9.59 Å². The molecule has 2 N–H and O–H groups in total. The minimum Gasteiger partial charge on any atom is -0.480 e. The van der Waals surface area contributed by atoms with Gasteiger partial charge in [0.05, 0.1) is 10.6 Å². The monoisotopic (exact) mass is 366 g/mol. The number of aliphatic carboxylic acids is 1. The van der Waals surface area contributed by atoms with Crippen LogP contribution >= 0.6 is 11.6 Å². The van der Waals surface area contributed by atoms with Crippen LogP contribution in [0.15, 0.2) is 18.2 Å². The molecule has 0 aliphatic carbocycles. The van der Waals surface area contributed by atoms with Crippen LogP contribution in [0.2, 0.25) is 5.02 Å². The van der Waals surface area contributed by atoms with Crippen LogP contribution in [0, 0.1) is 5.92 Å². The molecule has 1 fully saturated rings. The predicted octanol–water partition coefficient (Wildman–Crippen LogP) is 3.40. The topological polar surface area (TPSA) is 86.7 Å². The Kier molecular flexibility index (Phi) is 5.72. The van der Waals surface area contributed by atoms with Crippen molar-refractivity contribution in [3.05, 3.63) is 28.8 Å². The van der Waals surface area contributed by atoms with Gasteiger partial charge in [0.2, 0.25) is 5.91 Å². The lowest BCUT2D eigenvalue weighted by atomic mass is 9.98. The van der Waals surface area contributed by atoms with Gasteiger partial charge in [-0.2, -0.15) is 0 Å². The van der Waals surface area contributed by atoms with Crippen molar-refractivity contribution in [1.82, 2.24) is 4.90 Å². The van der Waals surface area contributed by atoms with Gasteiger partial charge in [0.15, 0.2) is 0 Å². The summed E-state index contributed by atoms with van der Waals surface area (Å²) in [4.78, 5) is 37.7. The number of carboxylic acid groups (broad SMARTS) is 1. The molecule has 7 heteroatoms. The number of benzene rings is 1. The van der Waals surface area contributed by atoms with Crippen molar-refractivity contribution < 1.29 is 19.5 Å². The Morgan fingerprint density at radius 3 is 2.64 bits per heavy atom. The van der Waals surface area contributed by atoms with E-state index in [-0.39, 0.29) is 22.4 Å². The van der Waals surface area contributed by atoms with Crippen LogP contribution in [0.25, 0.3) is 0 Å². The summed E-state index contributed by atoms with van der Waals surface area (Å²) < 4.78 is 0. The smallest absolute Gasteiger partial charge is 0.329 e. The molecule has 1 aromatic rings. The molecule has 0 spiro atoms. The number of nitrogens with zero attached hydrogens (tertiary/aromatic N) is 1. The van der Waals surface area contributed by atoms with E-state index in [1.54, 1.807) is 13.0 Å². The quantitative estimate of drug-likeness (QED) is 0.836. The number of halogens is 1. The Hall–Kier alpha value is -2.08. The molecule has 1 aliphatic rings. The van der Waals surface area contributed by atoms with Gasteiger partial charge in [-0.1, -0.05) is 25.4 Å². The highest BCUT2D eigenvalue weighted by Gasteiger charge is 2.46. The number of hydrogen-bond acceptors (Lipinski definition) is 3. The fourth-order valence-corrected chi connectivity index (χ4v) is 3.20. The van der Waals surface area contributed by atoms with Crippen LogP contribution in [0.4, 0.5) is 5.69 Å². The van der Waals surface area contributed by atoms with Crippen molar-refractivity contribution in [2.75, 3.05) is 11.9 Å². The van der Waals surface area contributed by atoms with Gasteiger partial charge in [-0.05, 0) is 43.9 Å². The lowest BCUT2D eigenvalue weighted by molar-refractivity contribution is -0.147. The first-order chi connectivity index (χ1) is 11.6. The van der Waals surface area contributed by atoms with Gasteiger partial charge in [0.25, 0.3) is 5.91 Å². The molecule has 2 rings (SSSR count). The number of carbonyl (C=O) groups excluding carboxylic acids is 2. The Balaban J connectivity index is 2.26. The normalized spacial score (nSPS) is 20.0. The molecular formula is C18H23ClN2O4. The first-order valence-corrected chi connectivity index (χ1v) is 8.67. The van der Waals surface area contributed by atoms with Crippen molar-refractivity contribution in [2.45, 2.75) is 45.6 Å². The number of hydrogen-bond donors (Lipinski definition) is 2. The van der Waals surface area contributed by atoms with E-state index in [1.807, 2.05) is 13.8 Å². The molecule has 136 valence electrons. The maximum absolute atomic E-state index is 12.9. The first kappa shape index (κ1) is 19.2. The highest BCUT2D eigenvalue weighted by Crippen LogP contribution is 2.33. The van der Waals surface area contributed by atoms with E-state index in [2.05, 4.69) is 5.32 Å². The van der Waals surface area contributed by atoms with Gasteiger partial charge in [0.1, 0.15) is 5.54 Å². The molecule has 6 nitrogen and oxygen atoms in total. The van der Waals surface area contributed by atoms with Crippen molar-refractivity contribution in [2.24, 2.45) is 5.92 Å². The van der Waals surface area contributed by atoms with E-state index in [4.69, 9.17) is 11.6 Å². The third kappa shape index (κ3) is 4.12. The lowest BCUT2D eigenvalue weighted by Gasteiger charge is -2.31. The molecule has 0 bridgehead atoms. The standard InChI is InChI=1S/C18H23ClN2O4/c1-11(2)9-15(22)20-12-5-6-14(19)13(10-12)16(23)21-8-4-7-18(21,3)17(24)25/h5-6,10-11H,4,7-9H2,1-3H3,(H,20,22)(H,24,25). The SMILES string of the molecule is CC(C)CC(=O)Nc1ccc(Cl)c(C(=O)N2CCCC2(C)C(=O)O)c1. The van der Waals surface area contributed by atoms with Gasteiger partial charge in [-0.3, -0.25) is 9.59 Å². The fraction of sp³-hybridized carbons (Fsp3) is 0.500. The van der Waals surface area contributed by atoms with E-state index in [0.717, 1.165) is 0 Å². The molecule has 1 unspecified atom stereocenters. The van der Waals surface area contributed by atoms with Crippen LogP contribution in [0.3, 0.4) is 0 Å². The minimum atomic E-state index is -1.24. The van der Waals surface area contributed by atoms with Gasteiger partial charge in [0, 0.05) is 18.7 Å². The average Bonchev–Trinajstić information content (AvgIpc) is 2.91. The van der Waals surface area contributed by atoms with E-state index < -0.39 is 17.4 Å². The average molecular weight is 367 g/mol. The number of nitrogens with one attached hydrogen (secondary N) is 1. The number of rotatable bonds is 5.